The minimum atomic E-state index is -0.272. The maximum Gasteiger partial charge on any atom is 0.203 e. The lowest BCUT2D eigenvalue weighted by molar-refractivity contribution is 0.289. The normalized spacial score (nSPS) is 16.5. The molecule has 1 aromatic rings. The molecule has 0 spiro atoms. The number of hydrogen-bond acceptors (Lipinski definition) is 5. The van der Waals surface area contributed by atoms with Gasteiger partial charge in [-0.2, -0.15) is 5.26 Å². The molecule has 0 N–H and O–H groups in total. The van der Waals surface area contributed by atoms with Crippen LogP contribution < -0.4 is 14.2 Å². The van der Waals surface area contributed by atoms with Gasteiger partial charge < -0.3 is 14.2 Å². The van der Waals surface area contributed by atoms with Crippen molar-refractivity contribution in [3.05, 3.63) is 17.7 Å². The summed E-state index contributed by atoms with van der Waals surface area (Å²) < 4.78 is 16.0. The molecule has 0 bridgehead atoms. The fraction of sp³-hybridized carbons (Fsp3) is 0.533. The molecule has 0 aliphatic carbocycles. The molecule has 5 heteroatoms. The second-order valence-corrected chi connectivity index (χ2v) is 4.73. The summed E-state index contributed by atoms with van der Waals surface area (Å²) in [5, 5.41) is 9.49. The van der Waals surface area contributed by atoms with Gasteiger partial charge in [0.25, 0.3) is 0 Å². The van der Waals surface area contributed by atoms with Crippen molar-refractivity contribution >= 4 is 0 Å². The smallest absolute Gasteiger partial charge is 0.203 e. The van der Waals surface area contributed by atoms with Gasteiger partial charge in [-0.15, -0.1) is 0 Å². The van der Waals surface area contributed by atoms with E-state index in [0.717, 1.165) is 31.5 Å². The highest BCUT2D eigenvalue weighted by Gasteiger charge is 2.25. The molecule has 0 aromatic heterocycles. The van der Waals surface area contributed by atoms with Gasteiger partial charge >= 0.3 is 0 Å². The fourth-order valence-electron chi connectivity index (χ4n) is 2.63. The molecule has 1 heterocycles. The van der Waals surface area contributed by atoms with Gasteiger partial charge in [0.15, 0.2) is 11.5 Å². The highest BCUT2D eigenvalue weighted by molar-refractivity contribution is 5.55. The summed E-state index contributed by atoms with van der Waals surface area (Å²) in [4.78, 5) is 2.18. The number of hydrogen-bond donors (Lipinski definition) is 0. The molecule has 20 heavy (non-hydrogen) atoms. The monoisotopic (exact) mass is 276 g/mol. The van der Waals surface area contributed by atoms with Crippen LogP contribution >= 0.6 is 0 Å². The van der Waals surface area contributed by atoms with Gasteiger partial charge in [-0.25, -0.2) is 0 Å². The summed E-state index contributed by atoms with van der Waals surface area (Å²) in [7, 11) is 4.74. The van der Waals surface area contributed by atoms with Crippen molar-refractivity contribution < 1.29 is 14.2 Å². The van der Waals surface area contributed by atoms with Gasteiger partial charge in [-0.3, -0.25) is 4.90 Å². The zero-order valence-electron chi connectivity index (χ0n) is 12.2. The van der Waals surface area contributed by atoms with Crippen molar-refractivity contribution in [1.82, 2.24) is 4.90 Å². The number of benzene rings is 1. The van der Waals surface area contributed by atoms with E-state index in [1.165, 1.54) is 0 Å². The van der Waals surface area contributed by atoms with Crippen LogP contribution in [0.2, 0.25) is 0 Å². The highest BCUT2D eigenvalue weighted by Crippen LogP contribution is 2.40. The van der Waals surface area contributed by atoms with Crippen LogP contribution in [0.25, 0.3) is 0 Å². The Hall–Kier alpha value is -1.93. The largest absolute Gasteiger partial charge is 0.493 e. The van der Waals surface area contributed by atoms with E-state index in [1.807, 2.05) is 12.1 Å². The Morgan fingerprint density at radius 3 is 2.00 bits per heavy atom. The third-order valence-electron chi connectivity index (χ3n) is 3.63. The third kappa shape index (κ3) is 2.66. The topological polar surface area (TPSA) is 54.7 Å². The first-order valence-corrected chi connectivity index (χ1v) is 6.68. The maximum absolute atomic E-state index is 9.49. The van der Waals surface area contributed by atoms with Gasteiger partial charge in [0.1, 0.15) is 6.04 Å². The van der Waals surface area contributed by atoms with Crippen LogP contribution in [0.4, 0.5) is 0 Å². The number of rotatable bonds is 5. The summed E-state index contributed by atoms with van der Waals surface area (Å²) in [6, 6.07) is 5.81. The van der Waals surface area contributed by atoms with Crippen LogP contribution in [-0.4, -0.2) is 39.3 Å². The van der Waals surface area contributed by atoms with Gasteiger partial charge in [-0.05, 0) is 43.6 Å². The van der Waals surface area contributed by atoms with Crippen LogP contribution in [0, 0.1) is 11.3 Å². The quantitative estimate of drug-likeness (QED) is 0.826. The zero-order chi connectivity index (χ0) is 14.5. The summed E-state index contributed by atoms with van der Waals surface area (Å²) >= 11 is 0. The molecule has 0 amide bonds. The second kappa shape index (κ2) is 6.49. The minimum absolute atomic E-state index is 0.272. The van der Waals surface area contributed by atoms with Crippen LogP contribution in [-0.2, 0) is 0 Å². The molecule has 1 fully saturated rings. The average molecular weight is 276 g/mol. The lowest BCUT2D eigenvalue weighted by atomic mass is 10.1. The van der Waals surface area contributed by atoms with Crippen molar-refractivity contribution in [2.24, 2.45) is 0 Å². The van der Waals surface area contributed by atoms with E-state index in [-0.39, 0.29) is 6.04 Å². The van der Waals surface area contributed by atoms with Crippen molar-refractivity contribution in [1.29, 1.82) is 5.26 Å². The number of methoxy groups -OCH3 is 3. The van der Waals surface area contributed by atoms with Gasteiger partial charge in [0.2, 0.25) is 5.75 Å². The van der Waals surface area contributed by atoms with E-state index >= 15 is 0 Å². The van der Waals surface area contributed by atoms with Crippen LogP contribution in [0.15, 0.2) is 12.1 Å². The first kappa shape index (κ1) is 14.5. The number of nitrogens with zero attached hydrogens (tertiary/aromatic N) is 2. The highest BCUT2D eigenvalue weighted by atomic mass is 16.5. The molecule has 0 radical (unpaired) electrons. The standard InChI is InChI=1S/C15H20N2O3/c1-18-13-8-11(9-14(19-2)15(13)20-3)12(10-16)17-6-4-5-7-17/h8-9,12H,4-7H2,1-3H3. The van der Waals surface area contributed by atoms with E-state index in [0.29, 0.717) is 17.2 Å². The number of ether oxygens (including phenoxy) is 3. The van der Waals surface area contributed by atoms with Crippen LogP contribution in [0.5, 0.6) is 17.2 Å². The van der Waals surface area contributed by atoms with E-state index in [1.54, 1.807) is 21.3 Å². The Morgan fingerprint density at radius 2 is 1.60 bits per heavy atom. The molecule has 2 rings (SSSR count). The third-order valence-corrected chi connectivity index (χ3v) is 3.63. The molecule has 1 aromatic carbocycles. The van der Waals surface area contributed by atoms with Gasteiger partial charge in [0.05, 0.1) is 27.4 Å². The average Bonchev–Trinajstić information content (AvgIpc) is 3.00. The first-order valence-electron chi connectivity index (χ1n) is 6.68. The summed E-state index contributed by atoms with van der Waals surface area (Å²) in [5.74, 6) is 1.72. The summed E-state index contributed by atoms with van der Waals surface area (Å²) in [6.07, 6.45) is 2.28. The molecule has 1 unspecified atom stereocenters. The number of nitriles is 1. The lowest BCUT2D eigenvalue weighted by Crippen LogP contribution is -2.24. The van der Waals surface area contributed by atoms with Crippen molar-refractivity contribution in [2.75, 3.05) is 34.4 Å². The van der Waals surface area contributed by atoms with Crippen LogP contribution in [0.1, 0.15) is 24.4 Å². The Morgan fingerprint density at radius 1 is 1.05 bits per heavy atom. The molecule has 1 aliphatic heterocycles. The van der Waals surface area contributed by atoms with Gasteiger partial charge in [-0.1, -0.05) is 0 Å². The predicted molar refractivity (Wildman–Crippen MR) is 75.3 cm³/mol. The van der Waals surface area contributed by atoms with E-state index < -0.39 is 0 Å². The second-order valence-electron chi connectivity index (χ2n) is 4.73. The Balaban J connectivity index is 2.42. The van der Waals surface area contributed by atoms with Gasteiger partial charge in [0, 0.05) is 0 Å². The molecule has 1 aliphatic rings. The predicted octanol–water partition coefficient (Wildman–Crippen LogP) is 2.37. The first-order chi connectivity index (χ1) is 9.74. The minimum Gasteiger partial charge on any atom is -0.493 e. The molecule has 108 valence electrons. The zero-order valence-corrected chi connectivity index (χ0v) is 12.2. The fourth-order valence-corrected chi connectivity index (χ4v) is 2.63. The molecular formula is C15H20N2O3. The molecule has 1 atom stereocenters. The van der Waals surface area contributed by atoms with E-state index in [2.05, 4.69) is 11.0 Å². The maximum atomic E-state index is 9.49. The SMILES string of the molecule is COc1cc(C(C#N)N2CCCC2)cc(OC)c1OC. The molecule has 1 saturated heterocycles. The van der Waals surface area contributed by atoms with Crippen LogP contribution in [0.3, 0.4) is 0 Å². The molecular weight excluding hydrogens is 256 g/mol. The van der Waals surface area contributed by atoms with Crippen molar-refractivity contribution in [2.45, 2.75) is 18.9 Å². The number of likely N-dealkylation sites (tertiary alicyclic amines) is 1. The van der Waals surface area contributed by atoms with Crippen molar-refractivity contribution in [3.63, 3.8) is 0 Å². The Labute approximate surface area is 119 Å². The Bertz CT molecular complexity index is 479. The van der Waals surface area contributed by atoms with E-state index in [9.17, 15) is 5.26 Å². The lowest BCUT2D eigenvalue weighted by Gasteiger charge is -2.23. The Kier molecular flexibility index (Phi) is 4.70. The molecule has 5 nitrogen and oxygen atoms in total. The summed E-state index contributed by atoms with van der Waals surface area (Å²) in [5.41, 5.74) is 0.879. The van der Waals surface area contributed by atoms with Crippen molar-refractivity contribution in [3.8, 4) is 23.3 Å². The summed E-state index contributed by atoms with van der Waals surface area (Å²) in [6.45, 7) is 1.91. The molecule has 0 saturated carbocycles. The van der Waals surface area contributed by atoms with E-state index in [4.69, 9.17) is 14.2 Å².